The number of ether oxygens (including phenoxy) is 2. The van der Waals surface area contributed by atoms with Crippen LogP contribution < -0.4 is 25.2 Å². The molecule has 2 unspecified atom stereocenters. The fourth-order valence-corrected chi connectivity index (χ4v) is 3.91. The third-order valence-corrected chi connectivity index (χ3v) is 5.53. The Morgan fingerprint density at radius 3 is 2.69 bits per heavy atom. The van der Waals surface area contributed by atoms with Gasteiger partial charge in [-0.1, -0.05) is 19.1 Å². The number of fused-ring (bicyclic) bond motifs is 1. The first kappa shape index (κ1) is 21.4. The molecule has 0 aromatic heterocycles. The van der Waals surface area contributed by atoms with E-state index in [4.69, 9.17) is 9.47 Å². The average Bonchev–Trinajstić information content (AvgIpc) is 2.81. The Balaban J connectivity index is 1.40. The Labute approximate surface area is 184 Å². The number of nitrogens with one attached hydrogen (secondary N) is 2. The fourth-order valence-electron chi connectivity index (χ4n) is 3.91. The monoisotopic (exact) mass is 440 g/mol. The number of piperidine rings is 1. The van der Waals surface area contributed by atoms with Gasteiger partial charge in [0, 0.05) is 24.7 Å². The van der Waals surface area contributed by atoms with Crippen LogP contribution in [0.4, 0.5) is 11.4 Å². The Bertz CT molecular complexity index is 1040. The molecule has 1 fully saturated rings. The molecule has 32 heavy (non-hydrogen) atoms. The normalized spacial score (nSPS) is 19.7. The maximum absolute atomic E-state index is 12.5. The lowest BCUT2D eigenvalue weighted by Gasteiger charge is -2.32. The van der Waals surface area contributed by atoms with Crippen molar-refractivity contribution in [2.75, 3.05) is 24.6 Å². The summed E-state index contributed by atoms with van der Waals surface area (Å²) in [6.07, 6.45) is 1.11. The van der Waals surface area contributed by atoms with E-state index in [-0.39, 0.29) is 17.9 Å². The van der Waals surface area contributed by atoms with Crippen molar-refractivity contribution in [2.24, 2.45) is 5.92 Å². The van der Waals surface area contributed by atoms with Gasteiger partial charge in [0.05, 0.1) is 4.92 Å². The number of carbonyl (C=O) groups is 2. The summed E-state index contributed by atoms with van der Waals surface area (Å²) < 4.78 is 11.1. The molecule has 0 radical (unpaired) electrons. The Hall–Kier alpha value is -3.82. The zero-order valence-corrected chi connectivity index (χ0v) is 17.6. The van der Waals surface area contributed by atoms with E-state index in [0.29, 0.717) is 23.1 Å². The van der Waals surface area contributed by atoms with Gasteiger partial charge in [0.1, 0.15) is 12.3 Å². The molecule has 0 saturated carbocycles. The van der Waals surface area contributed by atoms with Crippen LogP contribution in [0.3, 0.4) is 0 Å². The van der Waals surface area contributed by atoms with Gasteiger partial charge in [0.15, 0.2) is 11.5 Å². The molecule has 2 aromatic rings. The van der Waals surface area contributed by atoms with E-state index in [1.54, 1.807) is 30.3 Å². The molecule has 2 amide bonds. The number of hydrogen-bond donors (Lipinski definition) is 2. The molecule has 2 aliphatic heterocycles. The second kappa shape index (κ2) is 9.13. The second-order valence-corrected chi connectivity index (χ2v) is 7.96. The summed E-state index contributed by atoms with van der Waals surface area (Å²) in [7, 11) is 0. The molecule has 1 saturated heterocycles. The first-order valence-corrected chi connectivity index (χ1v) is 10.4. The van der Waals surface area contributed by atoms with Crippen LogP contribution in [0.2, 0.25) is 0 Å². The third-order valence-electron chi connectivity index (χ3n) is 5.53. The van der Waals surface area contributed by atoms with Crippen LogP contribution >= 0.6 is 0 Å². The maximum Gasteiger partial charge on any atom is 0.293 e. The van der Waals surface area contributed by atoms with E-state index in [1.807, 2.05) is 4.90 Å². The molecule has 2 N–H and O–H groups in total. The molecule has 10 heteroatoms. The number of rotatable bonds is 4. The smallest absolute Gasteiger partial charge is 0.293 e. The number of hydrazine groups is 1. The zero-order valence-electron chi connectivity index (χ0n) is 17.6. The standard InChI is InChI=1S/C22H24N4O6/c1-14-5-4-10-25(12-14)16-9-8-15(11-17(16)26(29)30)21(27)23-24-22(28)20-13-31-18-6-2-3-7-19(18)32-20/h2-3,6-9,11,14,20H,4-5,10,12-13H2,1H3,(H,23,27)(H,24,28). The number of carbonyl (C=O) groups excluding carboxylic acids is 2. The summed E-state index contributed by atoms with van der Waals surface area (Å²) in [5.41, 5.74) is 4.99. The molecular formula is C22H24N4O6. The highest BCUT2D eigenvalue weighted by Crippen LogP contribution is 2.33. The summed E-state index contributed by atoms with van der Waals surface area (Å²) in [4.78, 5) is 38.0. The van der Waals surface area contributed by atoms with Crippen molar-refractivity contribution < 1.29 is 24.0 Å². The fraction of sp³-hybridized carbons (Fsp3) is 0.364. The summed E-state index contributed by atoms with van der Waals surface area (Å²) in [6.45, 7) is 3.57. The number of hydrogen-bond acceptors (Lipinski definition) is 7. The Morgan fingerprint density at radius 2 is 1.94 bits per heavy atom. The number of nitrogens with zero attached hydrogens (tertiary/aromatic N) is 2. The maximum atomic E-state index is 12.5. The molecule has 2 heterocycles. The van der Waals surface area contributed by atoms with E-state index < -0.39 is 22.8 Å². The topological polar surface area (TPSA) is 123 Å². The number of anilines is 1. The van der Waals surface area contributed by atoms with Gasteiger partial charge in [0.2, 0.25) is 6.10 Å². The van der Waals surface area contributed by atoms with Crippen LogP contribution in [0, 0.1) is 16.0 Å². The highest BCUT2D eigenvalue weighted by Gasteiger charge is 2.28. The lowest BCUT2D eigenvalue weighted by Crippen LogP contribution is -2.50. The van der Waals surface area contributed by atoms with Gasteiger partial charge in [-0.2, -0.15) is 0 Å². The highest BCUT2D eigenvalue weighted by atomic mass is 16.6. The molecular weight excluding hydrogens is 416 g/mol. The van der Waals surface area contributed by atoms with Crippen LogP contribution in [0.15, 0.2) is 42.5 Å². The van der Waals surface area contributed by atoms with E-state index in [2.05, 4.69) is 17.8 Å². The van der Waals surface area contributed by atoms with Crippen molar-refractivity contribution in [1.82, 2.24) is 10.9 Å². The number of nitro groups is 1. The quantitative estimate of drug-likeness (QED) is 0.553. The van der Waals surface area contributed by atoms with Gasteiger partial charge in [-0.3, -0.25) is 30.6 Å². The first-order valence-electron chi connectivity index (χ1n) is 10.4. The van der Waals surface area contributed by atoms with Gasteiger partial charge >= 0.3 is 0 Å². The van der Waals surface area contributed by atoms with Crippen LogP contribution in [0.25, 0.3) is 0 Å². The first-order chi connectivity index (χ1) is 15.4. The van der Waals surface area contributed by atoms with Gasteiger partial charge < -0.3 is 14.4 Å². The lowest BCUT2D eigenvalue weighted by molar-refractivity contribution is -0.384. The minimum Gasteiger partial charge on any atom is -0.485 e. The van der Waals surface area contributed by atoms with Crippen molar-refractivity contribution in [1.29, 1.82) is 0 Å². The number of nitro benzene ring substituents is 1. The minimum absolute atomic E-state index is 0.00680. The molecule has 2 atom stereocenters. The molecule has 0 aliphatic carbocycles. The predicted octanol–water partition coefficient (Wildman–Crippen LogP) is 2.43. The lowest BCUT2D eigenvalue weighted by atomic mass is 9.99. The summed E-state index contributed by atoms with van der Waals surface area (Å²) in [6, 6.07) is 11.3. The highest BCUT2D eigenvalue weighted by molar-refractivity contribution is 5.97. The number of amides is 2. The largest absolute Gasteiger partial charge is 0.485 e. The van der Waals surface area contributed by atoms with Crippen molar-refractivity contribution in [2.45, 2.75) is 25.9 Å². The number of benzene rings is 2. The molecule has 0 spiro atoms. The van der Waals surface area contributed by atoms with Crippen LogP contribution in [0.5, 0.6) is 11.5 Å². The van der Waals surface area contributed by atoms with E-state index in [1.165, 1.54) is 12.1 Å². The Kier molecular flexibility index (Phi) is 6.11. The van der Waals surface area contributed by atoms with Gasteiger partial charge in [0.25, 0.3) is 17.5 Å². The zero-order chi connectivity index (χ0) is 22.7. The van der Waals surface area contributed by atoms with Gasteiger partial charge in [-0.05, 0) is 43.0 Å². The molecule has 2 aromatic carbocycles. The van der Waals surface area contributed by atoms with Gasteiger partial charge in [-0.15, -0.1) is 0 Å². The predicted molar refractivity (Wildman–Crippen MR) is 116 cm³/mol. The summed E-state index contributed by atoms with van der Waals surface area (Å²) in [5.74, 6) is 0.150. The third kappa shape index (κ3) is 4.58. The van der Waals surface area contributed by atoms with Crippen molar-refractivity contribution in [3.63, 3.8) is 0 Å². The van der Waals surface area contributed by atoms with Crippen molar-refractivity contribution in [3.05, 3.63) is 58.1 Å². The molecule has 0 bridgehead atoms. The molecule has 2 aliphatic rings. The molecule has 10 nitrogen and oxygen atoms in total. The summed E-state index contributed by atoms with van der Waals surface area (Å²) >= 11 is 0. The van der Waals surface area contributed by atoms with Crippen LogP contribution in [0.1, 0.15) is 30.1 Å². The van der Waals surface area contributed by atoms with Crippen LogP contribution in [-0.4, -0.2) is 42.5 Å². The average molecular weight is 440 g/mol. The van der Waals surface area contributed by atoms with E-state index in [9.17, 15) is 19.7 Å². The van der Waals surface area contributed by atoms with Crippen molar-refractivity contribution in [3.8, 4) is 11.5 Å². The van der Waals surface area contributed by atoms with E-state index >= 15 is 0 Å². The second-order valence-electron chi connectivity index (χ2n) is 7.96. The molecule has 168 valence electrons. The van der Waals surface area contributed by atoms with Crippen LogP contribution in [-0.2, 0) is 4.79 Å². The minimum atomic E-state index is -0.942. The van der Waals surface area contributed by atoms with Crippen molar-refractivity contribution >= 4 is 23.2 Å². The summed E-state index contributed by atoms with van der Waals surface area (Å²) in [5, 5.41) is 11.6. The van der Waals surface area contributed by atoms with Gasteiger partial charge in [-0.25, -0.2) is 0 Å². The number of para-hydroxylation sites is 2. The van der Waals surface area contributed by atoms with E-state index in [0.717, 1.165) is 25.9 Å². The SMILES string of the molecule is CC1CCCN(c2ccc(C(=O)NNC(=O)C3COc4ccccc4O3)cc2[N+](=O)[O-])C1. The molecule has 4 rings (SSSR count). The Morgan fingerprint density at radius 1 is 1.16 bits per heavy atom.